The van der Waals surface area contributed by atoms with Crippen LogP contribution in [0.25, 0.3) is 0 Å². The zero-order chi connectivity index (χ0) is 10.5. The summed E-state index contributed by atoms with van der Waals surface area (Å²) in [7, 11) is 0. The molecule has 0 aliphatic heterocycles. The molecule has 0 aliphatic carbocycles. The van der Waals surface area contributed by atoms with Crippen molar-refractivity contribution in [1.82, 2.24) is 5.32 Å². The monoisotopic (exact) mass is 185 g/mol. The molecule has 1 nitrogen and oxygen atoms in total. The molecule has 0 aromatic rings. The van der Waals surface area contributed by atoms with E-state index in [-0.39, 0.29) is 0 Å². The molecular formula is C12H27N. The molecule has 0 bridgehead atoms. The van der Waals surface area contributed by atoms with Crippen molar-refractivity contribution >= 4 is 0 Å². The third-order valence-electron chi connectivity index (χ3n) is 2.66. The lowest BCUT2D eigenvalue weighted by atomic mass is 9.79. The van der Waals surface area contributed by atoms with E-state index in [1.54, 1.807) is 0 Å². The lowest BCUT2D eigenvalue weighted by Crippen LogP contribution is -2.33. The summed E-state index contributed by atoms with van der Waals surface area (Å²) in [5, 5.41) is 3.54. The van der Waals surface area contributed by atoms with Gasteiger partial charge in [-0.15, -0.1) is 0 Å². The maximum Gasteiger partial charge on any atom is -0.00155 e. The van der Waals surface area contributed by atoms with Gasteiger partial charge < -0.3 is 5.32 Å². The lowest BCUT2D eigenvalue weighted by molar-refractivity contribution is 0.223. The summed E-state index contributed by atoms with van der Waals surface area (Å²) in [5.41, 5.74) is 0.443. The van der Waals surface area contributed by atoms with Gasteiger partial charge in [-0.05, 0) is 30.3 Å². The molecule has 0 spiro atoms. The number of nitrogens with one attached hydrogen (secondary N) is 1. The maximum atomic E-state index is 3.54. The first-order valence-electron chi connectivity index (χ1n) is 5.58. The predicted molar refractivity (Wildman–Crippen MR) is 60.9 cm³/mol. The summed E-state index contributed by atoms with van der Waals surface area (Å²) < 4.78 is 0. The number of rotatable bonds is 5. The van der Waals surface area contributed by atoms with E-state index in [0.29, 0.717) is 5.41 Å². The van der Waals surface area contributed by atoms with Crippen LogP contribution in [0.3, 0.4) is 0 Å². The quantitative estimate of drug-likeness (QED) is 0.693. The Labute approximate surface area is 84.3 Å². The van der Waals surface area contributed by atoms with E-state index in [2.05, 4.69) is 46.9 Å². The van der Waals surface area contributed by atoms with Crippen molar-refractivity contribution in [3.05, 3.63) is 0 Å². The standard InChI is InChI=1S/C12H27N/c1-7-11(12(4,5)6)9-13-8-10(2)3/h10-11,13H,7-9H2,1-6H3. The Morgan fingerprint density at radius 2 is 1.62 bits per heavy atom. The molecule has 1 atom stereocenters. The van der Waals surface area contributed by atoms with Crippen LogP contribution in [-0.2, 0) is 0 Å². The second-order valence-electron chi connectivity index (χ2n) is 5.52. The highest BCUT2D eigenvalue weighted by molar-refractivity contribution is 4.74. The minimum Gasteiger partial charge on any atom is -0.316 e. The topological polar surface area (TPSA) is 12.0 Å². The molecule has 13 heavy (non-hydrogen) atoms. The van der Waals surface area contributed by atoms with Crippen molar-refractivity contribution < 1.29 is 0 Å². The Kier molecular flexibility index (Phi) is 5.62. The van der Waals surface area contributed by atoms with Crippen LogP contribution in [0.15, 0.2) is 0 Å². The summed E-state index contributed by atoms with van der Waals surface area (Å²) in [6.45, 7) is 16.1. The van der Waals surface area contributed by atoms with Gasteiger partial charge in [0.25, 0.3) is 0 Å². The van der Waals surface area contributed by atoms with Gasteiger partial charge in [0.2, 0.25) is 0 Å². The molecule has 0 saturated heterocycles. The molecule has 1 heteroatoms. The fourth-order valence-electron chi connectivity index (χ4n) is 1.61. The molecule has 0 saturated carbocycles. The highest BCUT2D eigenvalue weighted by atomic mass is 14.9. The molecule has 0 aromatic carbocycles. The van der Waals surface area contributed by atoms with Crippen LogP contribution < -0.4 is 5.32 Å². The third-order valence-corrected chi connectivity index (χ3v) is 2.66. The molecule has 80 valence electrons. The molecule has 0 rings (SSSR count). The zero-order valence-electron chi connectivity index (χ0n) is 10.3. The summed E-state index contributed by atoms with van der Waals surface area (Å²) in [6.07, 6.45) is 1.27. The molecule has 0 amide bonds. The predicted octanol–water partition coefficient (Wildman–Crippen LogP) is 3.30. The van der Waals surface area contributed by atoms with Gasteiger partial charge in [0, 0.05) is 0 Å². The van der Waals surface area contributed by atoms with E-state index < -0.39 is 0 Å². The summed E-state index contributed by atoms with van der Waals surface area (Å²) in [4.78, 5) is 0. The number of hydrogen-bond donors (Lipinski definition) is 1. The summed E-state index contributed by atoms with van der Waals surface area (Å²) in [6, 6.07) is 0. The highest BCUT2D eigenvalue weighted by Crippen LogP contribution is 2.27. The van der Waals surface area contributed by atoms with Crippen molar-refractivity contribution in [2.24, 2.45) is 17.3 Å². The maximum absolute atomic E-state index is 3.54. The van der Waals surface area contributed by atoms with Gasteiger partial charge in [-0.3, -0.25) is 0 Å². The van der Waals surface area contributed by atoms with Crippen molar-refractivity contribution in [3.8, 4) is 0 Å². The van der Waals surface area contributed by atoms with Gasteiger partial charge in [0.05, 0.1) is 0 Å². The summed E-state index contributed by atoms with van der Waals surface area (Å²) >= 11 is 0. The van der Waals surface area contributed by atoms with Crippen molar-refractivity contribution in [2.75, 3.05) is 13.1 Å². The third kappa shape index (κ3) is 6.09. The van der Waals surface area contributed by atoms with Crippen LogP contribution in [0.2, 0.25) is 0 Å². The Morgan fingerprint density at radius 3 is 1.92 bits per heavy atom. The van der Waals surface area contributed by atoms with Crippen LogP contribution >= 0.6 is 0 Å². The minimum absolute atomic E-state index is 0.443. The average molecular weight is 185 g/mol. The van der Waals surface area contributed by atoms with E-state index in [4.69, 9.17) is 0 Å². The number of hydrogen-bond acceptors (Lipinski definition) is 1. The normalized spacial score (nSPS) is 15.0. The Morgan fingerprint density at radius 1 is 1.08 bits per heavy atom. The average Bonchev–Trinajstić information content (AvgIpc) is 1.95. The van der Waals surface area contributed by atoms with E-state index in [9.17, 15) is 0 Å². The fourth-order valence-corrected chi connectivity index (χ4v) is 1.61. The van der Waals surface area contributed by atoms with Crippen LogP contribution in [0.5, 0.6) is 0 Å². The molecule has 0 aromatic heterocycles. The highest BCUT2D eigenvalue weighted by Gasteiger charge is 2.21. The molecule has 0 fully saturated rings. The van der Waals surface area contributed by atoms with Crippen LogP contribution in [0, 0.1) is 17.3 Å². The van der Waals surface area contributed by atoms with Gasteiger partial charge >= 0.3 is 0 Å². The smallest absolute Gasteiger partial charge is 0.00155 e. The van der Waals surface area contributed by atoms with Gasteiger partial charge in [-0.1, -0.05) is 48.0 Å². The minimum atomic E-state index is 0.443. The zero-order valence-corrected chi connectivity index (χ0v) is 10.3. The van der Waals surface area contributed by atoms with Crippen LogP contribution in [0.1, 0.15) is 48.0 Å². The van der Waals surface area contributed by atoms with Gasteiger partial charge in [0.15, 0.2) is 0 Å². The van der Waals surface area contributed by atoms with Gasteiger partial charge in [0.1, 0.15) is 0 Å². The van der Waals surface area contributed by atoms with Crippen molar-refractivity contribution in [3.63, 3.8) is 0 Å². The van der Waals surface area contributed by atoms with Gasteiger partial charge in [-0.2, -0.15) is 0 Å². The lowest BCUT2D eigenvalue weighted by Gasteiger charge is -2.30. The second kappa shape index (κ2) is 5.64. The summed E-state index contributed by atoms with van der Waals surface area (Å²) in [5.74, 6) is 1.56. The second-order valence-corrected chi connectivity index (χ2v) is 5.52. The Balaban J connectivity index is 3.73. The van der Waals surface area contributed by atoms with E-state index in [1.165, 1.54) is 6.42 Å². The van der Waals surface area contributed by atoms with E-state index in [1.807, 2.05) is 0 Å². The first-order valence-corrected chi connectivity index (χ1v) is 5.58. The Hall–Kier alpha value is -0.0400. The van der Waals surface area contributed by atoms with E-state index in [0.717, 1.165) is 24.9 Å². The van der Waals surface area contributed by atoms with Crippen molar-refractivity contribution in [2.45, 2.75) is 48.0 Å². The van der Waals surface area contributed by atoms with Crippen LogP contribution in [-0.4, -0.2) is 13.1 Å². The Bertz CT molecular complexity index is 122. The SMILES string of the molecule is CCC(CNCC(C)C)C(C)(C)C. The first-order chi connectivity index (χ1) is 5.88. The first kappa shape index (κ1) is 13.0. The van der Waals surface area contributed by atoms with Crippen molar-refractivity contribution in [1.29, 1.82) is 0 Å². The molecule has 1 N–H and O–H groups in total. The molecule has 0 aliphatic rings. The molecule has 0 radical (unpaired) electrons. The van der Waals surface area contributed by atoms with E-state index >= 15 is 0 Å². The molecular weight excluding hydrogens is 158 g/mol. The largest absolute Gasteiger partial charge is 0.316 e. The fraction of sp³-hybridized carbons (Fsp3) is 1.00. The molecule has 1 unspecified atom stereocenters. The van der Waals surface area contributed by atoms with Crippen LogP contribution in [0.4, 0.5) is 0 Å². The van der Waals surface area contributed by atoms with Gasteiger partial charge in [-0.25, -0.2) is 0 Å². The molecule has 0 heterocycles.